The van der Waals surface area contributed by atoms with Crippen molar-refractivity contribution in [2.45, 2.75) is 0 Å². The second-order valence-electron chi connectivity index (χ2n) is 2.51. The Morgan fingerprint density at radius 1 is 1.30 bits per heavy atom. The van der Waals surface area contributed by atoms with E-state index in [1.807, 2.05) is 12.1 Å². The highest BCUT2D eigenvalue weighted by molar-refractivity contribution is 5.54. The van der Waals surface area contributed by atoms with Gasteiger partial charge >= 0.3 is 0 Å². The first-order chi connectivity index (χ1) is 4.86. The van der Waals surface area contributed by atoms with Gasteiger partial charge in [-0.25, -0.2) is 0 Å². The number of rotatable bonds is 1. The first-order valence-electron chi connectivity index (χ1n) is 3.40. The van der Waals surface area contributed by atoms with Gasteiger partial charge in [0.25, 0.3) is 0 Å². The number of phenolic OH excluding ortho intramolecular Hbond substituents is 1. The molecule has 0 spiro atoms. The van der Waals surface area contributed by atoms with Crippen molar-refractivity contribution >= 4 is 5.69 Å². The molecule has 0 saturated carbocycles. The number of hydrogen-bond donors (Lipinski definition) is 1. The van der Waals surface area contributed by atoms with Crippen LogP contribution in [0.3, 0.4) is 0 Å². The van der Waals surface area contributed by atoms with Gasteiger partial charge in [0.15, 0.2) is 0 Å². The molecule has 52 valence electrons. The average Bonchev–Trinajstić information content (AvgIpc) is 2.68. The molecule has 1 aromatic carbocycles. The molecule has 1 heterocycles. The fourth-order valence-electron chi connectivity index (χ4n) is 0.998. The third-order valence-electron chi connectivity index (χ3n) is 1.64. The molecule has 2 nitrogen and oxygen atoms in total. The molecule has 0 aliphatic carbocycles. The van der Waals surface area contributed by atoms with Crippen LogP contribution >= 0.6 is 0 Å². The quantitative estimate of drug-likeness (QED) is 0.585. The molecule has 0 atom stereocenters. The second-order valence-corrected chi connectivity index (χ2v) is 2.51. The van der Waals surface area contributed by atoms with Crippen LogP contribution in [0.4, 0.5) is 5.69 Å². The SMILES string of the molecule is Oc1cccc(N2CC2)c1. The Labute approximate surface area is 59.7 Å². The van der Waals surface area contributed by atoms with Gasteiger partial charge in [0.05, 0.1) is 0 Å². The van der Waals surface area contributed by atoms with Gasteiger partial charge in [0.1, 0.15) is 5.75 Å². The summed E-state index contributed by atoms with van der Waals surface area (Å²) >= 11 is 0. The lowest BCUT2D eigenvalue weighted by Gasteiger charge is -2.00. The minimum Gasteiger partial charge on any atom is -0.508 e. The monoisotopic (exact) mass is 135 g/mol. The van der Waals surface area contributed by atoms with E-state index in [1.54, 1.807) is 12.1 Å². The summed E-state index contributed by atoms with van der Waals surface area (Å²) in [7, 11) is 0. The first-order valence-corrected chi connectivity index (χ1v) is 3.40. The largest absolute Gasteiger partial charge is 0.508 e. The lowest BCUT2D eigenvalue weighted by Crippen LogP contribution is -1.88. The molecular formula is C8H9NO. The predicted octanol–water partition coefficient (Wildman–Crippen LogP) is 1.21. The molecule has 2 heteroatoms. The number of benzene rings is 1. The molecule has 0 bridgehead atoms. The minimum absolute atomic E-state index is 0.351. The summed E-state index contributed by atoms with van der Waals surface area (Å²) in [5.41, 5.74) is 1.13. The van der Waals surface area contributed by atoms with Gasteiger partial charge in [0, 0.05) is 24.8 Å². The Hall–Kier alpha value is -1.18. The Kier molecular flexibility index (Phi) is 1.07. The Balaban J connectivity index is 2.32. The highest BCUT2D eigenvalue weighted by atomic mass is 16.3. The van der Waals surface area contributed by atoms with Gasteiger partial charge in [-0.2, -0.15) is 0 Å². The van der Waals surface area contributed by atoms with Crippen LogP contribution in [0.15, 0.2) is 24.3 Å². The maximum Gasteiger partial charge on any atom is 0.117 e. The number of anilines is 1. The molecule has 1 saturated heterocycles. The van der Waals surface area contributed by atoms with E-state index in [0.29, 0.717) is 5.75 Å². The lowest BCUT2D eigenvalue weighted by molar-refractivity contribution is 0.475. The van der Waals surface area contributed by atoms with Gasteiger partial charge in [-0.3, -0.25) is 0 Å². The van der Waals surface area contributed by atoms with Crippen LogP contribution in [0, 0.1) is 0 Å². The summed E-state index contributed by atoms with van der Waals surface area (Å²) in [5.74, 6) is 0.351. The summed E-state index contributed by atoms with van der Waals surface area (Å²) in [6.45, 7) is 2.26. The predicted molar refractivity (Wildman–Crippen MR) is 40.3 cm³/mol. The third kappa shape index (κ3) is 0.923. The maximum atomic E-state index is 9.06. The number of aromatic hydroxyl groups is 1. The zero-order chi connectivity index (χ0) is 6.97. The summed E-state index contributed by atoms with van der Waals surface area (Å²) in [5, 5.41) is 9.06. The van der Waals surface area contributed by atoms with E-state index < -0.39 is 0 Å². The minimum atomic E-state index is 0.351. The lowest BCUT2D eigenvalue weighted by atomic mass is 10.3. The van der Waals surface area contributed by atoms with Gasteiger partial charge in [-0.05, 0) is 12.1 Å². The Morgan fingerprint density at radius 2 is 2.10 bits per heavy atom. The Morgan fingerprint density at radius 3 is 2.70 bits per heavy atom. The number of nitrogens with zero attached hydrogens (tertiary/aromatic N) is 1. The van der Waals surface area contributed by atoms with Crippen LogP contribution in [-0.2, 0) is 0 Å². The molecule has 10 heavy (non-hydrogen) atoms. The van der Waals surface area contributed by atoms with Crippen LogP contribution in [0.25, 0.3) is 0 Å². The molecule has 0 unspecified atom stereocenters. The van der Waals surface area contributed by atoms with E-state index in [-0.39, 0.29) is 0 Å². The summed E-state index contributed by atoms with van der Waals surface area (Å²) in [6.07, 6.45) is 0. The molecule has 1 fully saturated rings. The highest BCUT2D eigenvalue weighted by Gasteiger charge is 2.17. The summed E-state index contributed by atoms with van der Waals surface area (Å²) in [4.78, 5) is 2.19. The molecule has 1 N–H and O–H groups in total. The molecule has 1 aliphatic rings. The van der Waals surface area contributed by atoms with Crippen molar-refractivity contribution in [2.75, 3.05) is 18.0 Å². The van der Waals surface area contributed by atoms with Crippen LogP contribution in [-0.4, -0.2) is 18.2 Å². The van der Waals surface area contributed by atoms with Gasteiger partial charge in [-0.15, -0.1) is 0 Å². The second kappa shape index (κ2) is 1.90. The molecular weight excluding hydrogens is 126 g/mol. The van der Waals surface area contributed by atoms with Crippen molar-refractivity contribution in [2.24, 2.45) is 0 Å². The van der Waals surface area contributed by atoms with E-state index in [2.05, 4.69) is 4.90 Å². The smallest absolute Gasteiger partial charge is 0.117 e. The maximum absolute atomic E-state index is 9.06. The van der Waals surface area contributed by atoms with Crippen LogP contribution < -0.4 is 4.90 Å². The zero-order valence-electron chi connectivity index (χ0n) is 5.62. The topological polar surface area (TPSA) is 23.2 Å². The number of hydrogen-bond acceptors (Lipinski definition) is 2. The van der Waals surface area contributed by atoms with E-state index in [1.165, 1.54) is 0 Å². The molecule has 0 aromatic heterocycles. The van der Waals surface area contributed by atoms with Crippen molar-refractivity contribution in [3.8, 4) is 5.75 Å². The van der Waals surface area contributed by atoms with Gasteiger partial charge < -0.3 is 10.0 Å². The molecule has 1 aliphatic heterocycles. The summed E-state index contributed by atoms with van der Waals surface area (Å²) < 4.78 is 0. The van der Waals surface area contributed by atoms with Crippen molar-refractivity contribution in [3.63, 3.8) is 0 Å². The van der Waals surface area contributed by atoms with Crippen molar-refractivity contribution in [1.29, 1.82) is 0 Å². The molecule has 0 amide bonds. The normalized spacial score (nSPS) is 15.4. The van der Waals surface area contributed by atoms with Crippen molar-refractivity contribution in [1.82, 2.24) is 0 Å². The molecule has 2 rings (SSSR count). The van der Waals surface area contributed by atoms with E-state index in [4.69, 9.17) is 5.11 Å². The van der Waals surface area contributed by atoms with E-state index in [9.17, 15) is 0 Å². The fraction of sp³-hybridized carbons (Fsp3) is 0.250. The third-order valence-corrected chi connectivity index (χ3v) is 1.64. The van der Waals surface area contributed by atoms with E-state index in [0.717, 1.165) is 18.8 Å². The van der Waals surface area contributed by atoms with Crippen LogP contribution in [0.1, 0.15) is 0 Å². The first kappa shape index (κ1) is 5.59. The van der Waals surface area contributed by atoms with Crippen LogP contribution in [0.2, 0.25) is 0 Å². The number of phenols is 1. The zero-order valence-corrected chi connectivity index (χ0v) is 5.62. The summed E-state index contributed by atoms with van der Waals surface area (Å²) in [6, 6.07) is 7.34. The van der Waals surface area contributed by atoms with Gasteiger partial charge in [-0.1, -0.05) is 6.07 Å². The van der Waals surface area contributed by atoms with Crippen LogP contribution in [0.5, 0.6) is 5.75 Å². The van der Waals surface area contributed by atoms with Crippen molar-refractivity contribution < 1.29 is 5.11 Å². The standard InChI is InChI=1S/C8H9NO/c10-8-3-1-2-7(6-8)9-4-5-9/h1-3,6,10H,4-5H2. The Bertz CT molecular complexity index is 243. The average molecular weight is 135 g/mol. The molecule has 1 aromatic rings. The van der Waals surface area contributed by atoms with Crippen molar-refractivity contribution in [3.05, 3.63) is 24.3 Å². The fourth-order valence-corrected chi connectivity index (χ4v) is 0.998. The van der Waals surface area contributed by atoms with Gasteiger partial charge in [0.2, 0.25) is 0 Å². The highest BCUT2D eigenvalue weighted by Crippen LogP contribution is 2.24. The van der Waals surface area contributed by atoms with E-state index >= 15 is 0 Å². The molecule has 0 radical (unpaired) electrons.